The van der Waals surface area contributed by atoms with Crippen LogP contribution in [0.25, 0.3) is 11.2 Å². The second kappa shape index (κ2) is 29.9. The molecule has 0 aliphatic heterocycles. The fourth-order valence-electron chi connectivity index (χ4n) is 7.27. The number of nitrogens with zero attached hydrogens (tertiary/aromatic N) is 5. The number of ketones is 3. The molecule has 0 saturated carbocycles. The number of aromatic amines is 1. The van der Waals surface area contributed by atoms with E-state index < -0.39 is 127 Å². The Hall–Kier alpha value is -8.24. The molecule has 74 heavy (non-hydrogen) atoms. The van der Waals surface area contributed by atoms with Crippen molar-refractivity contribution in [2.24, 2.45) is 50.7 Å². The van der Waals surface area contributed by atoms with E-state index in [1.807, 2.05) is 0 Å². The number of anilines is 2. The summed E-state index contributed by atoms with van der Waals surface area (Å²) in [5.41, 5.74) is 27.7. The minimum atomic E-state index is -1.75. The van der Waals surface area contributed by atoms with Crippen molar-refractivity contribution >= 4 is 100 Å². The lowest BCUT2D eigenvalue weighted by atomic mass is 9.90. The molecule has 6 atom stereocenters. The van der Waals surface area contributed by atoms with Gasteiger partial charge in [0.1, 0.15) is 11.8 Å². The summed E-state index contributed by atoms with van der Waals surface area (Å²) < 4.78 is 0. The number of carbonyl (C=O) groups excluding carboxylic acids is 6. The quantitative estimate of drug-likeness (QED) is 0.0141. The number of aliphatic carboxylic acids is 3. The summed E-state index contributed by atoms with van der Waals surface area (Å²) in [6.45, 7) is 1.83. The minimum Gasteiger partial charge on any atom is -0.481 e. The van der Waals surface area contributed by atoms with Crippen LogP contribution in [0.4, 0.5) is 11.6 Å². The Bertz CT molecular complexity index is 2620. The van der Waals surface area contributed by atoms with Gasteiger partial charge in [-0.15, -0.1) is 0 Å². The molecule has 3 rings (SSSR count). The average Bonchev–Trinajstić information content (AvgIpc) is 3.32. The lowest BCUT2D eigenvalue weighted by Crippen LogP contribution is -2.48. The zero-order chi connectivity index (χ0) is 55.1. The maximum Gasteiger partial charge on any atom is 0.326 e. The van der Waals surface area contributed by atoms with Crippen molar-refractivity contribution in [1.29, 1.82) is 0 Å². The minimum absolute atomic E-state index is 0.00162. The molecule has 0 bridgehead atoms. The Morgan fingerprint density at radius 1 is 0.716 bits per heavy atom. The summed E-state index contributed by atoms with van der Waals surface area (Å²) in [5.74, 6) is -12.3. The summed E-state index contributed by atoms with van der Waals surface area (Å²) in [7, 11) is 0. The lowest BCUT2D eigenvalue weighted by molar-refractivity contribution is -0.142. The third kappa shape index (κ3) is 21.2. The zero-order valence-corrected chi connectivity index (χ0v) is 41.3. The van der Waals surface area contributed by atoms with E-state index in [1.165, 1.54) is 30.5 Å². The fourth-order valence-corrected chi connectivity index (χ4v) is 7.40. The fraction of sp³-hybridized carbons (Fsp3) is 0.489. The van der Waals surface area contributed by atoms with E-state index >= 15 is 0 Å². The van der Waals surface area contributed by atoms with Crippen molar-refractivity contribution in [3.63, 3.8) is 0 Å². The van der Waals surface area contributed by atoms with Crippen molar-refractivity contribution in [1.82, 2.24) is 35.9 Å². The van der Waals surface area contributed by atoms with Gasteiger partial charge in [0.2, 0.25) is 17.8 Å². The molecular formula is C45H63N15O13S. The third-order valence-corrected chi connectivity index (χ3v) is 11.7. The molecule has 3 aromatic rings. The Kier molecular flexibility index (Phi) is 24.3. The molecule has 18 N–H and O–H groups in total. The van der Waals surface area contributed by atoms with Crippen molar-refractivity contribution in [2.45, 2.75) is 102 Å². The number of nitrogens with two attached hydrogens (primary N) is 5. The Labute approximate surface area is 428 Å². The Balaban J connectivity index is 1.73. The summed E-state index contributed by atoms with van der Waals surface area (Å²) >= 11 is 4.15. The third-order valence-electron chi connectivity index (χ3n) is 11.1. The van der Waals surface area contributed by atoms with Crippen molar-refractivity contribution < 1.29 is 58.5 Å². The van der Waals surface area contributed by atoms with Crippen LogP contribution in [0.5, 0.6) is 0 Å². The number of carboxylic acids is 3. The number of nitrogen functional groups attached to an aromatic ring is 1. The zero-order valence-electron chi connectivity index (χ0n) is 40.5. The topological polar surface area (TPSA) is 489 Å². The van der Waals surface area contributed by atoms with Gasteiger partial charge in [-0.05, 0) is 68.0 Å². The van der Waals surface area contributed by atoms with Crippen LogP contribution in [0.1, 0.15) is 93.6 Å². The highest BCUT2D eigenvalue weighted by Gasteiger charge is 2.34. The second-order valence-corrected chi connectivity index (χ2v) is 17.7. The van der Waals surface area contributed by atoms with E-state index in [2.05, 4.69) is 63.8 Å². The van der Waals surface area contributed by atoms with Crippen LogP contribution in [0.15, 0.2) is 45.2 Å². The van der Waals surface area contributed by atoms with Gasteiger partial charge in [0.15, 0.2) is 34.6 Å². The predicted molar refractivity (Wildman–Crippen MR) is 271 cm³/mol. The molecule has 402 valence electrons. The van der Waals surface area contributed by atoms with Gasteiger partial charge in [-0.25, -0.2) is 14.8 Å². The smallest absolute Gasteiger partial charge is 0.326 e. The Morgan fingerprint density at radius 3 is 1.77 bits per heavy atom. The van der Waals surface area contributed by atoms with Gasteiger partial charge in [0.05, 0.1) is 43.4 Å². The monoisotopic (exact) mass is 1050 g/mol. The number of Topliss-reactive ketones (excluding diaryl/α,β-unsaturated/α-hetero) is 3. The van der Waals surface area contributed by atoms with E-state index in [4.69, 9.17) is 28.7 Å². The highest BCUT2D eigenvalue weighted by molar-refractivity contribution is 7.80. The molecule has 2 aromatic heterocycles. The SMILES string of the molecule is C[C@@H](CS)CC(=O)C(CC(=O)O)NC(=O)[C@@H](CCCN=C(N)N)CC(=O)[C@@H](CC(=O)O)NC(=O)[C@@H](CCCN=C(N)N)CC(=O)CC[C@@H](NC(=O)c1ccc(NCc2cnc3nc(N)[nH]c(=O)c3n2)cc1)C(=O)O. The van der Waals surface area contributed by atoms with E-state index in [9.17, 15) is 63.3 Å². The van der Waals surface area contributed by atoms with Crippen molar-refractivity contribution in [2.75, 3.05) is 29.9 Å². The number of aromatic nitrogens is 4. The number of amides is 3. The molecule has 0 radical (unpaired) electrons. The highest BCUT2D eigenvalue weighted by atomic mass is 32.1. The maximum absolute atomic E-state index is 13.9. The number of H-pyrrole nitrogens is 1. The van der Waals surface area contributed by atoms with Gasteiger partial charge in [-0.3, -0.25) is 58.1 Å². The normalized spacial score (nSPS) is 13.4. The first kappa shape index (κ1) is 60.1. The second-order valence-electron chi connectivity index (χ2n) is 17.3. The van der Waals surface area contributed by atoms with Crippen molar-refractivity contribution in [3.8, 4) is 0 Å². The van der Waals surface area contributed by atoms with Crippen LogP contribution in [0.2, 0.25) is 0 Å². The number of carboxylic acid groups (broad SMARTS) is 3. The van der Waals surface area contributed by atoms with E-state index in [0.29, 0.717) is 17.1 Å². The molecule has 3 amide bonds. The molecule has 0 saturated heterocycles. The van der Waals surface area contributed by atoms with Crippen molar-refractivity contribution in [3.05, 3.63) is 52.1 Å². The summed E-state index contributed by atoms with van der Waals surface area (Å²) in [6.07, 6.45) is -2.45. The lowest BCUT2D eigenvalue weighted by Gasteiger charge is -2.24. The van der Waals surface area contributed by atoms with Gasteiger partial charge in [-0.1, -0.05) is 6.92 Å². The summed E-state index contributed by atoms with van der Waals surface area (Å²) in [5, 5.41) is 39.5. The van der Waals surface area contributed by atoms with Crippen LogP contribution in [0, 0.1) is 17.8 Å². The van der Waals surface area contributed by atoms with Crippen LogP contribution >= 0.6 is 12.6 Å². The first-order chi connectivity index (χ1) is 34.9. The molecular weight excluding hydrogens is 991 g/mol. The number of hydrogen-bond acceptors (Lipinski definition) is 18. The molecule has 1 aromatic carbocycles. The molecule has 0 spiro atoms. The van der Waals surface area contributed by atoms with E-state index in [-0.39, 0.29) is 92.3 Å². The van der Waals surface area contributed by atoms with Crippen LogP contribution < -0.4 is 55.5 Å². The number of guanidine groups is 2. The molecule has 29 heteroatoms. The van der Waals surface area contributed by atoms with E-state index in [0.717, 1.165) is 0 Å². The summed E-state index contributed by atoms with van der Waals surface area (Å²) in [6, 6.07) is 1.11. The first-order valence-corrected chi connectivity index (χ1v) is 23.8. The maximum atomic E-state index is 13.9. The number of benzene rings is 1. The predicted octanol–water partition coefficient (Wildman–Crippen LogP) is -1.43. The molecule has 2 heterocycles. The molecule has 28 nitrogen and oxygen atoms in total. The Morgan fingerprint density at radius 2 is 1.26 bits per heavy atom. The largest absolute Gasteiger partial charge is 0.481 e. The van der Waals surface area contributed by atoms with E-state index in [1.54, 1.807) is 6.92 Å². The number of rotatable bonds is 34. The van der Waals surface area contributed by atoms with Gasteiger partial charge < -0.3 is 65.3 Å². The molecule has 0 fully saturated rings. The van der Waals surface area contributed by atoms with Crippen LogP contribution in [-0.2, 0) is 44.9 Å². The first-order valence-electron chi connectivity index (χ1n) is 23.2. The number of carbonyl (C=O) groups is 9. The average molecular weight is 1050 g/mol. The van der Waals surface area contributed by atoms with Gasteiger partial charge in [0, 0.05) is 61.9 Å². The molecule has 0 aliphatic carbocycles. The van der Waals surface area contributed by atoms with Crippen LogP contribution in [-0.4, -0.2) is 137 Å². The van der Waals surface area contributed by atoms with Gasteiger partial charge >= 0.3 is 17.9 Å². The molecule has 1 unspecified atom stereocenters. The van der Waals surface area contributed by atoms with Crippen LogP contribution in [0.3, 0.4) is 0 Å². The summed E-state index contributed by atoms with van der Waals surface area (Å²) in [4.78, 5) is 152. The number of nitrogens with one attached hydrogen (secondary N) is 5. The number of hydrogen-bond donors (Lipinski definition) is 14. The number of fused-ring (bicyclic) bond motifs is 1. The number of aliphatic imine (C=N–C) groups is 2. The van der Waals surface area contributed by atoms with Gasteiger partial charge in [0.25, 0.3) is 11.5 Å². The number of thiol groups is 1. The van der Waals surface area contributed by atoms with Gasteiger partial charge in [-0.2, -0.15) is 17.6 Å². The molecule has 0 aliphatic rings. The standard InChI is InChI=1S/C45H63N15O13S/c1-22(21-74)14-32(62)30(17-34(64)65)57-40(70)25(5-3-13-52-44(48)49)16-33(63)31(18-35(66)67)58-39(69)24(4-2-12-51-43(46)47)15-28(61)10-11-29(42(72)73)56-38(68)23-6-8-26(9-7-23)53-19-27-20-54-37-36(55-27)41(71)60-45(50)59-37/h6-9,20,22,24-25,29-31,53,74H,2-5,10-19,21H2,1H3,(H,56,68)(H,57,70)(H,58,69)(H,64,65)(H,66,67)(H,72,73)(H4,46,47,51)(H4,48,49,52)(H3,50,54,59,60,71)/t22-,24+,25+,29-,30?,31-/m1/s1. The highest BCUT2D eigenvalue weighted by Crippen LogP contribution is 2.20.